The van der Waals surface area contributed by atoms with Crippen LogP contribution >= 0.6 is 0 Å². The lowest BCUT2D eigenvalue weighted by atomic mass is 9.96. The molecule has 0 bridgehead atoms. The highest BCUT2D eigenvalue weighted by Gasteiger charge is 2.28. The molecule has 2 aromatic carbocycles. The second-order valence-electron chi connectivity index (χ2n) is 7.10. The number of nitro benzene ring substituents is 1. The molecule has 1 N–H and O–H groups in total. The van der Waals surface area contributed by atoms with Gasteiger partial charge in [-0.1, -0.05) is 12.1 Å². The normalized spacial score (nSPS) is 16.7. The van der Waals surface area contributed by atoms with Gasteiger partial charge in [0.15, 0.2) is 5.75 Å². The van der Waals surface area contributed by atoms with Gasteiger partial charge in [0.25, 0.3) is 5.91 Å². The van der Waals surface area contributed by atoms with Crippen LogP contribution in [0.3, 0.4) is 0 Å². The molecule has 1 aliphatic heterocycles. The van der Waals surface area contributed by atoms with Crippen LogP contribution in [-0.4, -0.2) is 45.4 Å². The second-order valence-corrected chi connectivity index (χ2v) is 7.10. The molecule has 0 radical (unpaired) electrons. The molecule has 1 amide bonds. The molecule has 1 unspecified atom stereocenters. The average molecular weight is 394 g/mol. The first kappa shape index (κ1) is 18.9. The summed E-state index contributed by atoms with van der Waals surface area (Å²) in [6.07, 6.45) is 1.79. The molecule has 0 aliphatic carbocycles. The van der Waals surface area contributed by atoms with E-state index in [2.05, 4.69) is 9.97 Å². The highest BCUT2D eigenvalue weighted by atomic mass is 16.6. The van der Waals surface area contributed by atoms with Gasteiger partial charge in [-0.25, -0.2) is 4.98 Å². The van der Waals surface area contributed by atoms with Gasteiger partial charge in [0.1, 0.15) is 5.82 Å². The lowest BCUT2D eigenvalue weighted by Crippen LogP contribution is -2.39. The van der Waals surface area contributed by atoms with Crippen LogP contribution in [-0.2, 0) is 0 Å². The van der Waals surface area contributed by atoms with Crippen LogP contribution < -0.4 is 4.74 Å². The number of carbonyl (C=O) groups is 1. The van der Waals surface area contributed by atoms with Gasteiger partial charge in [-0.3, -0.25) is 14.9 Å². The van der Waals surface area contributed by atoms with Gasteiger partial charge in [0.05, 0.1) is 22.6 Å². The van der Waals surface area contributed by atoms with Gasteiger partial charge in [-0.15, -0.1) is 0 Å². The third-order valence-electron chi connectivity index (χ3n) is 5.21. The van der Waals surface area contributed by atoms with E-state index in [1.165, 1.54) is 12.1 Å². The number of nitrogens with zero attached hydrogens (tertiary/aromatic N) is 3. The zero-order valence-corrected chi connectivity index (χ0v) is 16.1. The molecule has 3 aromatic rings. The fourth-order valence-electron chi connectivity index (χ4n) is 3.80. The quantitative estimate of drug-likeness (QED) is 0.522. The Kier molecular flexibility index (Phi) is 5.16. The van der Waals surface area contributed by atoms with Crippen molar-refractivity contribution in [1.82, 2.24) is 14.9 Å². The SMILES string of the molecule is CCOc1ccc(C(=O)N2CCCC(c3nc4ccccc4[nH]3)C2)cc1[N+](=O)[O-]. The minimum Gasteiger partial charge on any atom is -0.487 e. The Bertz CT molecular complexity index is 1030. The maximum Gasteiger partial charge on any atom is 0.311 e. The third-order valence-corrected chi connectivity index (χ3v) is 5.21. The Labute approximate surface area is 167 Å². The zero-order valence-electron chi connectivity index (χ0n) is 16.1. The van der Waals surface area contributed by atoms with E-state index in [0.717, 1.165) is 29.7 Å². The molecule has 1 aliphatic rings. The summed E-state index contributed by atoms with van der Waals surface area (Å²) in [5.74, 6) is 0.948. The molecular formula is C21H22N4O4. The zero-order chi connectivity index (χ0) is 20.4. The van der Waals surface area contributed by atoms with Crippen LogP contribution in [0.15, 0.2) is 42.5 Å². The molecule has 150 valence electrons. The molecule has 0 saturated carbocycles. The van der Waals surface area contributed by atoms with Gasteiger partial charge < -0.3 is 14.6 Å². The minimum absolute atomic E-state index is 0.109. The lowest BCUT2D eigenvalue weighted by Gasteiger charge is -2.32. The molecular weight excluding hydrogens is 372 g/mol. The van der Waals surface area contributed by atoms with Crippen molar-refractivity contribution in [3.8, 4) is 5.75 Å². The Balaban J connectivity index is 1.55. The molecule has 1 saturated heterocycles. The number of imidazole rings is 1. The second kappa shape index (κ2) is 7.90. The van der Waals surface area contributed by atoms with E-state index >= 15 is 0 Å². The predicted molar refractivity (Wildman–Crippen MR) is 108 cm³/mol. The first-order chi connectivity index (χ1) is 14.1. The number of H-pyrrole nitrogens is 1. The number of likely N-dealkylation sites (tertiary alicyclic amines) is 1. The number of carbonyl (C=O) groups excluding carboxylic acids is 1. The molecule has 2 heterocycles. The number of aromatic amines is 1. The minimum atomic E-state index is -0.519. The van der Waals surface area contributed by atoms with Crippen molar-refractivity contribution in [2.24, 2.45) is 0 Å². The van der Waals surface area contributed by atoms with Crippen molar-refractivity contribution in [3.63, 3.8) is 0 Å². The molecule has 29 heavy (non-hydrogen) atoms. The lowest BCUT2D eigenvalue weighted by molar-refractivity contribution is -0.385. The molecule has 0 spiro atoms. The van der Waals surface area contributed by atoms with E-state index in [1.54, 1.807) is 17.9 Å². The summed E-state index contributed by atoms with van der Waals surface area (Å²) in [7, 11) is 0. The molecule has 1 fully saturated rings. The maximum atomic E-state index is 13.0. The van der Waals surface area contributed by atoms with Crippen LogP contribution in [0.1, 0.15) is 41.9 Å². The van der Waals surface area contributed by atoms with Gasteiger partial charge in [-0.05, 0) is 44.0 Å². The Morgan fingerprint density at radius 1 is 1.34 bits per heavy atom. The van der Waals surface area contributed by atoms with E-state index in [9.17, 15) is 14.9 Å². The highest BCUT2D eigenvalue weighted by Crippen LogP contribution is 2.31. The van der Waals surface area contributed by atoms with Crippen molar-refractivity contribution < 1.29 is 14.5 Å². The number of ether oxygens (including phenoxy) is 1. The summed E-state index contributed by atoms with van der Waals surface area (Å²) in [5.41, 5.74) is 2.00. The van der Waals surface area contributed by atoms with E-state index in [-0.39, 0.29) is 23.3 Å². The van der Waals surface area contributed by atoms with Crippen molar-refractivity contribution in [2.45, 2.75) is 25.7 Å². The summed E-state index contributed by atoms with van der Waals surface area (Å²) in [4.78, 5) is 33.6. The average Bonchev–Trinajstić information content (AvgIpc) is 3.18. The smallest absolute Gasteiger partial charge is 0.311 e. The number of aromatic nitrogens is 2. The standard InChI is InChI=1S/C21H22N4O4/c1-2-29-19-10-9-14(12-18(19)25(27)28)21(26)24-11-5-6-15(13-24)20-22-16-7-3-4-8-17(16)23-20/h3-4,7-10,12,15H,2,5-6,11,13H2,1H3,(H,22,23). The van der Waals surface area contributed by atoms with Crippen LogP contribution in [0, 0.1) is 10.1 Å². The molecule has 1 atom stereocenters. The van der Waals surface area contributed by atoms with E-state index < -0.39 is 4.92 Å². The largest absolute Gasteiger partial charge is 0.487 e. The highest BCUT2D eigenvalue weighted by molar-refractivity contribution is 5.95. The van der Waals surface area contributed by atoms with Crippen molar-refractivity contribution in [1.29, 1.82) is 0 Å². The summed E-state index contributed by atoms with van der Waals surface area (Å²) in [6, 6.07) is 12.2. The number of benzene rings is 2. The van der Waals surface area contributed by atoms with E-state index in [1.807, 2.05) is 24.3 Å². The van der Waals surface area contributed by atoms with Crippen molar-refractivity contribution in [3.05, 3.63) is 64.0 Å². The number of nitrogens with one attached hydrogen (secondary N) is 1. The summed E-state index contributed by atoms with van der Waals surface area (Å²) < 4.78 is 5.30. The number of para-hydroxylation sites is 2. The topological polar surface area (TPSA) is 101 Å². The van der Waals surface area contributed by atoms with Crippen molar-refractivity contribution in [2.75, 3.05) is 19.7 Å². The van der Waals surface area contributed by atoms with Crippen molar-refractivity contribution >= 4 is 22.6 Å². The summed E-state index contributed by atoms with van der Waals surface area (Å²) in [6.45, 7) is 3.23. The Morgan fingerprint density at radius 2 is 2.17 bits per heavy atom. The fraction of sp³-hybridized carbons (Fsp3) is 0.333. The van der Waals surface area contributed by atoms with Crippen LogP contribution in [0.4, 0.5) is 5.69 Å². The van der Waals surface area contributed by atoms with Gasteiger partial charge >= 0.3 is 5.69 Å². The number of hydrogen-bond donors (Lipinski definition) is 1. The van der Waals surface area contributed by atoms with E-state index in [0.29, 0.717) is 25.3 Å². The molecule has 8 heteroatoms. The summed E-state index contributed by atoms with van der Waals surface area (Å²) >= 11 is 0. The van der Waals surface area contributed by atoms with Crippen LogP contribution in [0.25, 0.3) is 11.0 Å². The fourth-order valence-corrected chi connectivity index (χ4v) is 3.80. The maximum absolute atomic E-state index is 13.0. The number of piperidine rings is 1. The number of amides is 1. The molecule has 1 aromatic heterocycles. The summed E-state index contributed by atoms with van der Waals surface area (Å²) in [5, 5.41) is 11.4. The predicted octanol–water partition coefficient (Wildman–Crippen LogP) is 3.89. The van der Waals surface area contributed by atoms with Gasteiger partial charge in [0, 0.05) is 30.6 Å². The van der Waals surface area contributed by atoms with Gasteiger partial charge in [0.2, 0.25) is 0 Å². The number of rotatable bonds is 5. The first-order valence-electron chi connectivity index (χ1n) is 9.72. The van der Waals surface area contributed by atoms with Gasteiger partial charge in [-0.2, -0.15) is 0 Å². The molecule has 4 rings (SSSR count). The monoisotopic (exact) mass is 394 g/mol. The van der Waals surface area contributed by atoms with E-state index in [4.69, 9.17) is 4.74 Å². The Morgan fingerprint density at radius 3 is 2.93 bits per heavy atom. The van der Waals surface area contributed by atoms with Crippen LogP contribution in [0.5, 0.6) is 5.75 Å². The number of hydrogen-bond acceptors (Lipinski definition) is 5. The number of nitro groups is 1. The Hall–Kier alpha value is -3.42. The first-order valence-corrected chi connectivity index (χ1v) is 9.72. The van der Waals surface area contributed by atoms with Crippen LogP contribution in [0.2, 0.25) is 0 Å². The third kappa shape index (κ3) is 3.78. The molecule has 8 nitrogen and oxygen atoms in total. The number of fused-ring (bicyclic) bond motifs is 1.